The standard InChI is InChI=1S/C13H18N6O/c1-17-7-4-6-11(17)13(20)19-8-3-5-10(9-19)12-14-15-16-18(12)2/h4,6-7,10H,3,5,8-9H2,1-2H3. The number of aromatic nitrogens is 5. The molecule has 1 aliphatic heterocycles. The van der Waals surface area contributed by atoms with Gasteiger partial charge in [-0.05, 0) is 35.4 Å². The van der Waals surface area contributed by atoms with Gasteiger partial charge in [-0.15, -0.1) is 5.10 Å². The quantitative estimate of drug-likeness (QED) is 0.803. The van der Waals surface area contributed by atoms with Crippen molar-refractivity contribution in [2.45, 2.75) is 18.8 Å². The lowest BCUT2D eigenvalue weighted by molar-refractivity contribution is 0.0693. The average Bonchev–Trinajstić information content (AvgIpc) is 3.07. The van der Waals surface area contributed by atoms with E-state index in [9.17, 15) is 4.79 Å². The first-order chi connectivity index (χ1) is 9.66. The minimum absolute atomic E-state index is 0.0809. The van der Waals surface area contributed by atoms with Crippen LogP contribution in [0, 0.1) is 0 Å². The summed E-state index contributed by atoms with van der Waals surface area (Å²) in [5.41, 5.74) is 0.724. The van der Waals surface area contributed by atoms with E-state index in [1.807, 2.05) is 41.9 Å². The van der Waals surface area contributed by atoms with Crippen molar-refractivity contribution >= 4 is 5.91 Å². The van der Waals surface area contributed by atoms with Gasteiger partial charge < -0.3 is 9.47 Å². The molecule has 7 heteroatoms. The molecule has 0 aromatic carbocycles. The highest BCUT2D eigenvalue weighted by molar-refractivity contribution is 5.92. The highest BCUT2D eigenvalue weighted by Gasteiger charge is 2.29. The van der Waals surface area contributed by atoms with Crippen molar-refractivity contribution in [1.82, 2.24) is 29.7 Å². The average molecular weight is 274 g/mol. The number of hydrogen-bond acceptors (Lipinski definition) is 4. The zero-order valence-corrected chi connectivity index (χ0v) is 11.7. The Bertz CT molecular complexity index is 616. The van der Waals surface area contributed by atoms with Crippen molar-refractivity contribution in [3.63, 3.8) is 0 Å². The molecule has 1 saturated heterocycles. The van der Waals surface area contributed by atoms with Crippen LogP contribution in [0.1, 0.15) is 35.1 Å². The lowest BCUT2D eigenvalue weighted by atomic mass is 9.97. The first-order valence-corrected chi connectivity index (χ1v) is 6.79. The topological polar surface area (TPSA) is 68.8 Å². The second kappa shape index (κ2) is 5.07. The van der Waals surface area contributed by atoms with Gasteiger partial charge in [0, 0.05) is 39.3 Å². The number of nitrogens with zero attached hydrogens (tertiary/aromatic N) is 6. The number of rotatable bonds is 2. The fraction of sp³-hybridized carbons (Fsp3) is 0.538. The fourth-order valence-corrected chi connectivity index (χ4v) is 2.80. The van der Waals surface area contributed by atoms with Gasteiger partial charge in [0.25, 0.3) is 5.91 Å². The van der Waals surface area contributed by atoms with Crippen molar-refractivity contribution in [3.8, 4) is 0 Å². The molecule has 0 radical (unpaired) electrons. The molecular formula is C13H18N6O. The first-order valence-electron chi connectivity index (χ1n) is 6.79. The van der Waals surface area contributed by atoms with Crippen molar-refractivity contribution in [2.75, 3.05) is 13.1 Å². The van der Waals surface area contributed by atoms with Gasteiger partial charge in [-0.25, -0.2) is 4.68 Å². The summed E-state index contributed by atoms with van der Waals surface area (Å²) in [6, 6.07) is 3.75. The van der Waals surface area contributed by atoms with Crippen LogP contribution in [0.4, 0.5) is 0 Å². The molecule has 0 bridgehead atoms. The van der Waals surface area contributed by atoms with Crippen LogP contribution in [-0.4, -0.2) is 48.7 Å². The van der Waals surface area contributed by atoms with Crippen LogP contribution in [0.2, 0.25) is 0 Å². The molecule has 0 saturated carbocycles. The molecule has 106 valence electrons. The highest BCUT2D eigenvalue weighted by Crippen LogP contribution is 2.25. The van der Waals surface area contributed by atoms with E-state index in [4.69, 9.17) is 0 Å². The predicted octanol–water partition coefficient (Wildman–Crippen LogP) is 0.568. The van der Waals surface area contributed by atoms with Crippen LogP contribution in [0.5, 0.6) is 0 Å². The summed E-state index contributed by atoms with van der Waals surface area (Å²) in [5, 5.41) is 11.6. The zero-order chi connectivity index (χ0) is 14.1. The number of hydrogen-bond donors (Lipinski definition) is 0. The molecular weight excluding hydrogens is 256 g/mol. The second-order valence-corrected chi connectivity index (χ2v) is 5.26. The van der Waals surface area contributed by atoms with Gasteiger partial charge in [-0.3, -0.25) is 4.79 Å². The third-order valence-corrected chi connectivity index (χ3v) is 3.89. The lowest BCUT2D eigenvalue weighted by Gasteiger charge is -2.32. The van der Waals surface area contributed by atoms with Crippen molar-refractivity contribution in [1.29, 1.82) is 0 Å². The van der Waals surface area contributed by atoms with E-state index in [1.165, 1.54) is 0 Å². The van der Waals surface area contributed by atoms with Gasteiger partial charge in [0.1, 0.15) is 5.69 Å². The number of piperidine rings is 1. The van der Waals surface area contributed by atoms with Gasteiger partial charge in [0.05, 0.1) is 0 Å². The van der Waals surface area contributed by atoms with Crippen LogP contribution in [0.25, 0.3) is 0 Å². The maximum atomic E-state index is 12.5. The molecule has 7 nitrogen and oxygen atoms in total. The van der Waals surface area contributed by atoms with Crippen LogP contribution in [0.3, 0.4) is 0 Å². The molecule has 2 aromatic rings. The Labute approximate surface area is 117 Å². The molecule has 1 atom stereocenters. The molecule has 20 heavy (non-hydrogen) atoms. The first kappa shape index (κ1) is 12.8. The summed E-state index contributed by atoms with van der Waals surface area (Å²) in [6.07, 6.45) is 3.89. The van der Waals surface area contributed by atoms with E-state index in [1.54, 1.807) is 4.68 Å². The Balaban J connectivity index is 1.77. The van der Waals surface area contributed by atoms with E-state index in [0.29, 0.717) is 6.54 Å². The smallest absolute Gasteiger partial charge is 0.270 e. The molecule has 3 rings (SSSR count). The third-order valence-electron chi connectivity index (χ3n) is 3.89. The SMILES string of the molecule is Cn1cccc1C(=O)N1CCCC(c2nnnn2C)C1. The largest absolute Gasteiger partial charge is 0.347 e. The minimum atomic E-state index is 0.0809. The summed E-state index contributed by atoms with van der Waals surface area (Å²) >= 11 is 0. The fourth-order valence-electron chi connectivity index (χ4n) is 2.80. The van der Waals surface area contributed by atoms with E-state index in [2.05, 4.69) is 15.5 Å². The minimum Gasteiger partial charge on any atom is -0.347 e. The third kappa shape index (κ3) is 2.19. The highest BCUT2D eigenvalue weighted by atomic mass is 16.2. The Morgan fingerprint density at radius 3 is 2.90 bits per heavy atom. The second-order valence-electron chi connectivity index (χ2n) is 5.26. The van der Waals surface area contributed by atoms with E-state index < -0.39 is 0 Å². The molecule has 3 heterocycles. The number of tetrazole rings is 1. The number of aryl methyl sites for hydroxylation is 2. The molecule has 1 fully saturated rings. The maximum Gasteiger partial charge on any atom is 0.270 e. The Hall–Kier alpha value is -2.18. The summed E-state index contributed by atoms with van der Waals surface area (Å²) in [6.45, 7) is 1.48. The monoisotopic (exact) mass is 274 g/mol. The van der Waals surface area contributed by atoms with Crippen LogP contribution >= 0.6 is 0 Å². The van der Waals surface area contributed by atoms with Crippen LogP contribution in [0.15, 0.2) is 18.3 Å². The van der Waals surface area contributed by atoms with Crippen molar-refractivity contribution in [2.24, 2.45) is 14.1 Å². The number of amides is 1. The Morgan fingerprint density at radius 2 is 2.25 bits per heavy atom. The summed E-state index contributed by atoms with van der Waals surface area (Å²) in [4.78, 5) is 14.4. The number of likely N-dealkylation sites (tertiary alicyclic amines) is 1. The maximum absolute atomic E-state index is 12.5. The molecule has 2 aromatic heterocycles. The zero-order valence-electron chi connectivity index (χ0n) is 11.7. The molecule has 0 N–H and O–H groups in total. The van der Waals surface area contributed by atoms with Crippen molar-refractivity contribution in [3.05, 3.63) is 29.8 Å². The van der Waals surface area contributed by atoms with Crippen LogP contribution in [-0.2, 0) is 14.1 Å². The summed E-state index contributed by atoms with van der Waals surface area (Å²) in [7, 11) is 3.73. The van der Waals surface area contributed by atoms with Gasteiger partial charge >= 0.3 is 0 Å². The van der Waals surface area contributed by atoms with Gasteiger partial charge in [0.2, 0.25) is 0 Å². The van der Waals surface area contributed by atoms with E-state index in [0.717, 1.165) is 30.9 Å². The Morgan fingerprint density at radius 1 is 1.40 bits per heavy atom. The predicted molar refractivity (Wildman–Crippen MR) is 72.1 cm³/mol. The van der Waals surface area contributed by atoms with Gasteiger partial charge in [0.15, 0.2) is 5.82 Å². The number of carbonyl (C=O) groups is 1. The van der Waals surface area contributed by atoms with E-state index >= 15 is 0 Å². The van der Waals surface area contributed by atoms with Gasteiger partial charge in [-0.1, -0.05) is 0 Å². The molecule has 0 spiro atoms. The normalized spacial score (nSPS) is 19.3. The number of carbonyl (C=O) groups excluding carboxylic acids is 1. The molecule has 1 unspecified atom stereocenters. The van der Waals surface area contributed by atoms with E-state index in [-0.39, 0.29) is 11.8 Å². The summed E-state index contributed by atoms with van der Waals surface area (Å²) < 4.78 is 3.55. The Kier molecular flexibility index (Phi) is 3.25. The molecule has 0 aliphatic carbocycles. The van der Waals surface area contributed by atoms with Crippen molar-refractivity contribution < 1.29 is 4.79 Å². The van der Waals surface area contributed by atoms with Crippen LogP contribution < -0.4 is 0 Å². The molecule has 1 aliphatic rings. The van der Waals surface area contributed by atoms with Gasteiger partial charge in [-0.2, -0.15) is 0 Å². The summed E-state index contributed by atoms with van der Waals surface area (Å²) in [5.74, 6) is 1.15. The molecule has 1 amide bonds. The lowest BCUT2D eigenvalue weighted by Crippen LogP contribution is -2.40.